The van der Waals surface area contributed by atoms with Gasteiger partial charge in [0.2, 0.25) is 0 Å². The van der Waals surface area contributed by atoms with E-state index >= 15 is 0 Å². The van der Waals surface area contributed by atoms with E-state index in [1.165, 1.54) is 5.56 Å². The van der Waals surface area contributed by atoms with Gasteiger partial charge in [0.25, 0.3) is 0 Å². The van der Waals surface area contributed by atoms with Crippen molar-refractivity contribution in [2.75, 3.05) is 0 Å². The van der Waals surface area contributed by atoms with E-state index in [0.29, 0.717) is 0 Å². The second-order valence-electron chi connectivity index (χ2n) is 4.26. The van der Waals surface area contributed by atoms with Gasteiger partial charge in [-0.2, -0.15) is 0 Å². The Kier molecular flexibility index (Phi) is 3.54. The minimum Gasteiger partial charge on any atom is -0.0926 e. The summed E-state index contributed by atoms with van der Waals surface area (Å²) in [6.07, 6.45) is 3.93. The van der Waals surface area contributed by atoms with Gasteiger partial charge in [-0.25, -0.2) is 0 Å². The number of benzene rings is 1. The second kappa shape index (κ2) is 4.67. The minimum absolute atomic E-state index is 0.0844. The van der Waals surface area contributed by atoms with Crippen molar-refractivity contribution in [3.63, 3.8) is 0 Å². The Hall–Kier alpha value is -1.48. The van der Waals surface area contributed by atoms with E-state index in [-0.39, 0.29) is 5.41 Å². The molecule has 0 aliphatic heterocycles. The van der Waals surface area contributed by atoms with Gasteiger partial charge in [-0.1, -0.05) is 42.2 Å². The van der Waals surface area contributed by atoms with Crippen LogP contribution in [0.3, 0.4) is 0 Å². The predicted molar refractivity (Wildman–Crippen MR) is 62.7 cm³/mol. The molecule has 1 aromatic rings. The molecule has 0 amide bonds. The van der Waals surface area contributed by atoms with Crippen LogP contribution in [0.5, 0.6) is 0 Å². The minimum atomic E-state index is 0.0844. The SMILES string of the molecule is CC(C)(C)C#CC=Cc1ccccc1. The van der Waals surface area contributed by atoms with Gasteiger partial charge in [0.1, 0.15) is 0 Å². The lowest BCUT2D eigenvalue weighted by atomic mass is 9.98. The quantitative estimate of drug-likeness (QED) is 0.583. The van der Waals surface area contributed by atoms with Crippen LogP contribution in [0.25, 0.3) is 6.08 Å². The molecule has 0 saturated carbocycles. The summed E-state index contributed by atoms with van der Waals surface area (Å²) in [6.45, 7) is 6.32. The maximum atomic E-state index is 3.16. The third-order valence-corrected chi connectivity index (χ3v) is 1.61. The summed E-state index contributed by atoms with van der Waals surface area (Å²) >= 11 is 0. The average Bonchev–Trinajstić information content (AvgIpc) is 2.13. The topological polar surface area (TPSA) is 0 Å². The van der Waals surface area contributed by atoms with Gasteiger partial charge in [-0.05, 0) is 38.5 Å². The number of rotatable bonds is 1. The normalized spacial score (nSPS) is 11.1. The fraction of sp³-hybridized carbons (Fsp3) is 0.286. The summed E-state index contributed by atoms with van der Waals surface area (Å²) < 4.78 is 0. The molecule has 0 atom stereocenters. The van der Waals surface area contributed by atoms with E-state index in [1.54, 1.807) is 0 Å². The Bertz CT molecular complexity index is 353. The van der Waals surface area contributed by atoms with Crippen LogP contribution in [-0.2, 0) is 0 Å². The van der Waals surface area contributed by atoms with Gasteiger partial charge in [-0.15, -0.1) is 0 Å². The summed E-state index contributed by atoms with van der Waals surface area (Å²) in [4.78, 5) is 0. The first-order valence-corrected chi connectivity index (χ1v) is 4.82. The van der Waals surface area contributed by atoms with Crippen molar-refractivity contribution in [1.29, 1.82) is 0 Å². The van der Waals surface area contributed by atoms with Crippen molar-refractivity contribution >= 4 is 6.08 Å². The van der Waals surface area contributed by atoms with Crippen molar-refractivity contribution in [1.82, 2.24) is 0 Å². The maximum absolute atomic E-state index is 3.16. The molecule has 0 N–H and O–H groups in total. The van der Waals surface area contributed by atoms with E-state index in [2.05, 4.69) is 44.7 Å². The fourth-order valence-corrected chi connectivity index (χ4v) is 0.960. The lowest BCUT2D eigenvalue weighted by Gasteiger charge is -2.05. The Morgan fingerprint density at radius 2 is 1.71 bits per heavy atom. The lowest BCUT2D eigenvalue weighted by molar-refractivity contribution is 0.571. The van der Waals surface area contributed by atoms with Gasteiger partial charge in [-0.3, -0.25) is 0 Å². The van der Waals surface area contributed by atoms with Crippen LogP contribution < -0.4 is 0 Å². The van der Waals surface area contributed by atoms with Crippen molar-refractivity contribution in [2.24, 2.45) is 5.41 Å². The molecule has 0 fully saturated rings. The van der Waals surface area contributed by atoms with Gasteiger partial charge in [0.15, 0.2) is 0 Å². The molecule has 0 aromatic heterocycles. The highest BCUT2D eigenvalue weighted by Crippen LogP contribution is 2.09. The number of hydrogen-bond acceptors (Lipinski definition) is 0. The van der Waals surface area contributed by atoms with Crippen molar-refractivity contribution in [2.45, 2.75) is 20.8 Å². The van der Waals surface area contributed by atoms with Gasteiger partial charge in [0.05, 0.1) is 0 Å². The maximum Gasteiger partial charge on any atom is 0.0233 e. The molecule has 14 heavy (non-hydrogen) atoms. The highest BCUT2D eigenvalue weighted by Gasteiger charge is 2.02. The van der Waals surface area contributed by atoms with E-state index in [9.17, 15) is 0 Å². The van der Waals surface area contributed by atoms with Crippen LogP contribution in [-0.4, -0.2) is 0 Å². The molecule has 0 spiro atoms. The third-order valence-electron chi connectivity index (χ3n) is 1.61. The summed E-state index contributed by atoms with van der Waals surface area (Å²) in [6, 6.07) is 10.2. The Balaban J connectivity index is 2.61. The average molecular weight is 184 g/mol. The molecular formula is C14H16. The molecule has 0 heteroatoms. The molecule has 1 rings (SSSR count). The van der Waals surface area contributed by atoms with Crippen molar-refractivity contribution in [3.05, 3.63) is 42.0 Å². The highest BCUT2D eigenvalue weighted by atomic mass is 14.0. The van der Waals surface area contributed by atoms with Crippen molar-refractivity contribution in [3.8, 4) is 11.8 Å². The van der Waals surface area contributed by atoms with Crippen LogP contribution in [0.2, 0.25) is 0 Å². The van der Waals surface area contributed by atoms with Crippen LogP contribution >= 0.6 is 0 Å². The second-order valence-corrected chi connectivity index (χ2v) is 4.26. The van der Waals surface area contributed by atoms with E-state index in [1.807, 2.05) is 30.4 Å². The van der Waals surface area contributed by atoms with E-state index < -0.39 is 0 Å². The fourth-order valence-electron chi connectivity index (χ4n) is 0.960. The highest BCUT2D eigenvalue weighted by molar-refractivity contribution is 5.52. The van der Waals surface area contributed by atoms with E-state index in [4.69, 9.17) is 0 Å². The third kappa shape index (κ3) is 4.52. The van der Waals surface area contributed by atoms with Crippen LogP contribution in [0.4, 0.5) is 0 Å². The number of hydrogen-bond donors (Lipinski definition) is 0. The lowest BCUT2D eigenvalue weighted by Crippen LogP contribution is -1.98. The zero-order valence-electron chi connectivity index (χ0n) is 9.04. The molecule has 1 aromatic carbocycles. The molecule has 72 valence electrons. The Morgan fingerprint density at radius 3 is 2.29 bits per heavy atom. The molecule has 0 saturated heterocycles. The first-order valence-electron chi connectivity index (χ1n) is 4.82. The first kappa shape index (κ1) is 10.6. The summed E-state index contributed by atoms with van der Waals surface area (Å²) in [7, 11) is 0. The molecule has 0 unspecified atom stereocenters. The van der Waals surface area contributed by atoms with Crippen LogP contribution in [0.15, 0.2) is 36.4 Å². The van der Waals surface area contributed by atoms with Gasteiger partial charge < -0.3 is 0 Å². The molecule has 0 aliphatic carbocycles. The Labute approximate surface area is 86.7 Å². The Morgan fingerprint density at radius 1 is 1.07 bits per heavy atom. The molecule has 0 aliphatic rings. The van der Waals surface area contributed by atoms with Gasteiger partial charge >= 0.3 is 0 Å². The first-order chi connectivity index (χ1) is 6.58. The molecule has 0 bridgehead atoms. The molecular weight excluding hydrogens is 168 g/mol. The summed E-state index contributed by atoms with van der Waals surface area (Å²) in [5.74, 6) is 6.20. The van der Waals surface area contributed by atoms with Crippen molar-refractivity contribution < 1.29 is 0 Å². The largest absolute Gasteiger partial charge is 0.0926 e. The predicted octanol–water partition coefficient (Wildman–Crippen LogP) is 3.75. The van der Waals surface area contributed by atoms with Crippen LogP contribution in [0.1, 0.15) is 26.3 Å². The summed E-state index contributed by atoms with van der Waals surface area (Å²) in [5, 5.41) is 0. The number of allylic oxidation sites excluding steroid dienone is 1. The van der Waals surface area contributed by atoms with Crippen LogP contribution in [0, 0.1) is 17.3 Å². The zero-order chi connectivity index (χ0) is 10.4. The zero-order valence-corrected chi connectivity index (χ0v) is 9.04. The standard InChI is InChI=1S/C14H16/c1-14(2,3)12-8-7-11-13-9-5-4-6-10-13/h4-7,9-11H,1-3H3. The van der Waals surface area contributed by atoms with Gasteiger partial charge in [0, 0.05) is 5.41 Å². The molecule has 0 heterocycles. The summed E-state index contributed by atoms with van der Waals surface area (Å²) in [5.41, 5.74) is 1.27. The monoisotopic (exact) mass is 184 g/mol. The smallest absolute Gasteiger partial charge is 0.0233 e. The van der Waals surface area contributed by atoms with E-state index in [0.717, 1.165) is 0 Å². The molecule has 0 radical (unpaired) electrons. The molecule has 0 nitrogen and oxygen atoms in total.